The van der Waals surface area contributed by atoms with Gasteiger partial charge in [0.25, 0.3) is 0 Å². The lowest BCUT2D eigenvalue weighted by molar-refractivity contribution is -0.155. The Morgan fingerprint density at radius 2 is 1.93 bits per heavy atom. The number of aliphatic carboxylic acids is 1. The Balaban J connectivity index is 1.60. The fourth-order valence-corrected chi connectivity index (χ4v) is 4.28. The molecule has 2 saturated heterocycles. The second-order valence-corrected chi connectivity index (χ2v) is 8.08. The number of carbonyl (C=O) groups is 3. The van der Waals surface area contributed by atoms with Crippen LogP contribution in [0, 0.1) is 12.3 Å². The summed E-state index contributed by atoms with van der Waals surface area (Å²) in [5.74, 6) is -0.905. The van der Waals surface area contributed by atoms with E-state index in [4.69, 9.17) is 0 Å². The van der Waals surface area contributed by atoms with Crippen LogP contribution in [0.3, 0.4) is 0 Å². The van der Waals surface area contributed by atoms with E-state index in [-0.39, 0.29) is 17.2 Å². The van der Waals surface area contributed by atoms with E-state index < -0.39 is 12.0 Å². The molecule has 0 aromatic heterocycles. The molecule has 0 saturated carbocycles. The minimum Gasteiger partial charge on any atom is -0.480 e. The summed E-state index contributed by atoms with van der Waals surface area (Å²) in [6, 6.07) is 7.22. The molecule has 6 heteroatoms. The zero-order chi connectivity index (χ0) is 19.6. The molecule has 1 aromatic carbocycles. The zero-order valence-electron chi connectivity index (χ0n) is 16.1. The van der Waals surface area contributed by atoms with E-state index in [1.54, 1.807) is 6.92 Å². The first kappa shape index (κ1) is 19.4. The number of carboxylic acids is 1. The van der Waals surface area contributed by atoms with Gasteiger partial charge in [-0.15, -0.1) is 0 Å². The fourth-order valence-electron chi connectivity index (χ4n) is 4.28. The Labute approximate surface area is 160 Å². The predicted molar refractivity (Wildman–Crippen MR) is 101 cm³/mol. The summed E-state index contributed by atoms with van der Waals surface area (Å²) in [5, 5.41) is 9.27. The quantitative estimate of drug-likeness (QED) is 0.879. The molecule has 2 aliphatic rings. The smallest absolute Gasteiger partial charge is 0.326 e. The summed E-state index contributed by atoms with van der Waals surface area (Å²) >= 11 is 0. The summed E-state index contributed by atoms with van der Waals surface area (Å²) in [5.41, 5.74) is 2.12. The van der Waals surface area contributed by atoms with Gasteiger partial charge in [-0.25, -0.2) is 4.79 Å². The predicted octanol–water partition coefficient (Wildman–Crippen LogP) is 2.24. The lowest BCUT2D eigenvalue weighted by atomic mass is 9.72. The normalized spacial score (nSPS) is 20.6. The van der Waals surface area contributed by atoms with Crippen LogP contribution in [0.1, 0.15) is 43.7 Å². The van der Waals surface area contributed by atoms with Crippen molar-refractivity contribution in [2.24, 2.45) is 5.41 Å². The molecule has 146 valence electrons. The average molecular weight is 372 g/mol. The first-order valence-corrected chi connectivity index (χ1v) is 9.65. The maximum atomic E-state index is 12.6. The van der Waals surface area contributed by atoms with Crippen molar-refractivity contribution >= 4 is 17.8 Å². The molecule has 0 radical (unpaired) electrons. The summed E-state index contributed by atoms with van der Waals surface area (Å²) in [4.78, 5) is 39.5. The SMILES string of the molecule is Cc1cccc(CC(=O)N2CCC3(CCC(=O)N([C@@H](C)C(=O)O)C3)CC2)c1. The van der Waals surface area contributed by atoms with Crippen LogP contribution in [0.25, 0.3) is 0 Å². The van der Waals surface area contributed by atoms with Crippen molar-refractivity contribution in [2.45, 2.75) is 52.0 Å². The highest BCUT2D eigenvalue weighted by Gasteiger charge is 2.43. The third-order valence-electron chi connectivity index (χ3n) is 6.13. The second-order valence-electron chi connectivity index (χ2n) is 8.08. The largest absolute Gasteiger partial charge is 0.480 e. The molecule has 2 aliphatic heterocycles. The van der Waals surface area contributed by atoms with Crippen molar-refractivity contribution in [3.8, 4) is 0 Å². The number of aryl methyl sites for hydroxylation is 1. The minimum absolute atomic E-state index is 0.0578. The highest BCUT2D eigenvalue weighted by molar-refractivity contribution is 5.84. The monoisotopic (exact) mass is 372 g/mol. The van der Waals surface area contributed by atoms with Crippen molar-refractivity contribution in [3.63, 3.8) is 0 Å². The van der Waals surface area contributed by atoms with E-state index >= 15 is 0 Å². The maximum absolute atomic E-state index is 12.6. The van der Waals surface area contributed by atoms with Gasteiger partial charge in [0, 0.05) is 26.1 Å². The average Bonchev–Trinajstić information content (AvgIpc) is 2.64. The molecule has 1 aromatic rings. The molecule has 0 aliphatic carbocycles. The maximum Gasteiger partial charge on any atom is 0.326 e. The number of piperidine rings is 2. The van der Waals surface area contributed by atoms with Crippen LogP contribution >= 0.6 is 0 Å². The van der Waals surface area contributed by atoms with Gasteiger partial charge in [-0.1, -0.05) is 29.8 Å². The van der Waals surface area contributed by atoms with Crippen LogP contribution in [0.15, 0.2) is 24.3 Å². The van der Waals surface area contributed by atoms with Crippen molar-refractivity contribution in [1.29, 1.82) is 0 Å². The van der Waals surface area contributed by atoms with Crippen LogP contribution in [0.2, 0.25) is 0 Å². The van der Waals surface area contributed by atoms with Crippen molar-refractivity contribution < 1.29 is 19.5 Å². The molecule has 2 fully saturated rings. The standard InChI is InChI=1S/C21H28N2O4/c1-15-4-3-5-17(12-15)13-19(25)22-10-8-21(9-11-22)7-6-18(24)23(14-21)16(2)20(26)27/h3-5,12,16H,6-11,13-14H2,1-2H3,(H,26,27)/t16-/m0/s1. The number of likely N-dealkylation sites (tertiary alicyclic amines) is 2. The number of hydrogen-bond acceptors (Lipinski definition) is 3. The van der Waals surface area contributed by atoms with Gasteiger partial charge < -0.3 is 14.9 Å². The molecule has 0 unspecified atom stereocenters. The van der Waals surface area contributed by atoms with Gasteiger partial charge in [-0.3, -0.25) is 9.59 Å². The zero-order valence-corrected chi connectivity index (χ0v) is 16.1. The highest BCUT2D eigenvalue weighted by Crippen LogP contribution is 2.40. The molecule has 1 N–H and O–H groups in total. The molecule has 6 nitrogen and oxygen atoms in total. The van der Waals surface area contributed by atoms with Gasteiger partial charge in [0.15, 0.2) is 0 Å². The molecule has 1 atom stereocenters. The lowest BCUT2D eigenvalue weighted by Gasteiger charge is -2.48. The van der Waals surface area contributed by atoms with Crippen molar-refractivity contribution in [3.05, 3.63) is 35.4 Å². The van der Waals surface area contributed by atoms with Gasteiger partial charge >= 0.3 is 5.97 Å². The number of nitrogens with zero attached hydrogens (tertiary/aromatic N) is 2. The molecule has 2 amide bonds. The Kier molecular flexibility index (Phi) is 5.53. The molecule has 2 heterocycles. The first-order valence-electron chi connectivity index (χ1n) is 9.65. The Morgan fingerprint density at radius 3 is 2.56 bits per heavy atom. The van der Waals surface area contributed by atoms with E-state index in [9.17, 15) is 19.5 Å². The van der Waals surface area contributed by atoms with Crippen LogP contribution in [0.4, 0.5) is 0 Å². The van der Waals surface area contributed by atoms with Gasteiger partial charge in [0.2, 0.25) is 11.8 Å². The second kappa shape index (κ2) is 7.71. The Morgan fingerprint density at radius 1 is 1.22 bits per heavy atom. The number of carbonyl (C=O) groups excluding carboxylic acids is 2. The number of carboxylic acid groups (broad SMARTS) is 1. The minimum atomic E-state index is -0.967. The molecular weight excluding hydrogens is 344 g/mol. The number of rotatable bonds is 4. The molecule has 3 rings (SSSR count). The van der Waals surface area contributed by atoms with E-state index in [1.165, 1.54) is 4.90 Å². The molecule has 27 heavy (non-hydrogen) atoms. The summed E-state index contributed by atoms with van der Waals surface area (Å²) in [7, 11) is 0. The summed E-state index contributed by atoms with van der Waals surface area (Å²) in [6.07, 6.45) is 3.24. The van der Waals surface area contributed by atoms with Gasteiger partial charge in [-0.05, 0) is 44.1 Å². The van der Waals surface area contributed by atoms with Gasteiger partial charge in [0.05, 0.1) is 6.42 Å². The van der Waals surface area contributed by atoms with E-state index in [0.717, 1.165) is 30.4 Å². The van der Waals surface area contributed by atoms with Crippen molar-refractivity contribution in [1.82, 2.24) is 9.80 Å². The third kappa shape index (κ3) is 4.31. The molecule has 1 spiro atoms. The first-order chi connectivity index (χ1) is 12.8. The lowest BCUT2D eigenvalue weighted by Crippen LogP contribution is -2.56. The number of amides is 2. The number of benzene rings is 1. The van der Waals surface area contributed by atoms with Crippen LogP contribution in [-0.4, -0.2) is 58.4 Å². The van der Waals surface area contributed by atoms with E-state index in [1.807, 2.05) is 36.1 Å². The number of hydrogen-bond donors (Lipinski definition) is 1. The topological polar surface area (TPSA) is 77.9 Å². The van der Waals surface area contributed by atoms with Crippen LogP contribution in [0.5, 0.6) is 0 Å². The summed E-state index contributed by atoms with van der Waals surface area (Å²) in [6.45, 7) is 5.42. The molecule has 0 bridgehead atoms. The van der Waals surface area contributed by atoms with Gasteiger partial charge in [-0.2, -0.15) is 0 Å². The Bertz CT molecular complexity index is 737. The van der Waals surface area contributed by atoms with E-state index in [2.05, 4.69) is 0 Å². The van der Waals surface area contributed by atoms with Crippen LogP contribution < -0.4 is 0 Å². The third-order valence-corrected chi connectivity index (χ3v) is 6.13. The van der Waals surface area contributed by atoms with Gasteiger partial charge in [0.1, 0.15) is 6.04 Å². The Hall–Kier alpha value is -2.37. The summed E-state index contributed by atoms with van der Waals surface area (Å²) < 4.78 is 0. The fraction of sp³-hybridized carbons (Fsp3) is 0.571. The highest BCUT2D eigenvalue weighted by atomic mass is 16.4. The van der Waals surface area contributed by atoms with E-state index in [0.29, 0.717) is 32.5 Å². The van der Waals surface area contributed by atoms with Crippen molar-refractivity contribution in [2.75, 3.05) is 19.6 Å². The molecular formula is C21H28N2O4. The van der Waals surface area contributed by atoms with Crippen LogP contribution in [-0.2, 0) is 20.8 Å².